The molecule has 1 atom stereocenters. The first-order valence-corrected chi connectivity index (χ1v) is 5.87. The van der Waals surface area contributed by atoms with Gasteiger partial charge in [-0.1, -0.05) is 18.6 Å². The Morgan fingerprint density at radius 3 is 3.00 bits per heavy atom. The van der Waals surface area contributed by atoms with Crippen molar-refractivity contribution in [3.05, 3.63) is 29.8 Å². The van der Waals surface area contributed by atoms with Crippen molar-refractivity contribution >= 4 is 6.21 Å². The van der Waals surface area contributed by atoms with E-state index in [0.29, 0.717) is 11.8 Å². The summed E-state index contributed by atoms with van der Waals surface area (Å²) in [5.74, 6) is 0.294. The number of phenolic OH excluding ortho intramolecular Hbond substituents is 1. The van der Waals surface area contributed by atoms with Crippen LogP contribution in [0.3, 0.4) is 0 Å². The predicted octanol–water partition coefficient (Wildman–Crippen LogP) is 1.95. The SMILES string of the molecule is Oc1ccccc1C=NC[C@@H]1CCCCN1. The molecule has 3 heteroatoms. The van der Waals surface area contributed by atoms with Gasteiger partial charge in [0.15, 0.2) is 0 Å². The highest BCUT2D eigenvalue weighted by Crippen LogP contribution is 2.13. The first-order chi connectivity index (χ1) is 7.86. The Kier molecular flexibility index (Phi) is 3.94. The molecule has 0 unspecified atom stereocenters. The second-order valence-electron chi connectivity index (χ2n) is 4.20. The third-order valence-corrected chi connectivity index (χ3v) is 2.91. The molecule has 0 saturated carbocycles. The van der Waals surface area contributed by atoms with E-state index in [-0.39, 0.29) is 0 Å². The van der Waals surface area contributed by atoms with Crippen molar-refractivity contribution in [2.75, 3.05) is 13.1 Å². The van der Waals surface area contributed by atoms with E-state index in [2.05, 4.69) is 10.3 Å². The van der Waals surface area contributed by atoms with Gasteiger partial charge in [0.2, 0.25) is 0 Å². The third-order valence-electron chi connectivity index (χ3n) is 2.91. The molecule has 1 aromatic rings. The van der Waals surface area contributed by atoms with Crippen LogP contribution in [-0.4, -0.2) is 30.5 Å². The number of nitrogens with one attached hydrogen (secondary N) is 1. The smallest absolute Gasteiger partial charge is 0.124 e. The van der Waals surface area contributed by atoms with Crippen molar-refractivity contribution in [3.8, 4) is 5.75 Å². The van der Waals surface area contributed by atoms with E-state index < -0.39 is 0 Å². The van der Waals surface area contributed by atoms with Crippen LogP contribution in [0.4, 0.5) is 0 Å². The lowest BCUT2D eigenvalue weighted by Gasteiger charge is -2.21. The van der Waals surface area contributed by atoms with Crippen LogP contribution < -0.4 is 5.32 Å². The van der Waals surface area contributed by atoms with Crippen LogP contribution in [-0.2, 0) is 0 Å². The topological polar surface area (TPSA) is 44.6 Å². The fraction of sp³-hybridized carbons (Fsp3) is 0.462. The summed E-state index contributed by atoms with van der Waals surface area (Å²) in [6.45, 7) is 1.91. The number of phenols is 1. The van der Waals surface area contributed by atoms with Crippen molar-refractivity contribution in [2.24, 2.45) is 4.99 Å². The van der Waals surface area contributed by atoms with Gasteiger partial charge in [-0.15, -0.1) is 0 Å². The summed E-state index contributed by atoms with van der Waals surface area (Å²) < 4.78 is 0. The largest absolute Gasteiger partial charge is 0.507 e. The summed E-state index contributed by atoms with van der Waals surface area (Å²) in [6, 6.07) is 7.78. The van der Waals surface area contributed by atoms with E-state index in [1.165, 1.54) is 19.3 Å². The van der Waals surface area contributed by atoms with Gasteiger partial charge in [0.05, 0.1) is 6.54 Å². The number of aliphatic imine (C=N–C) groups is 1. The van der Waals surface area contributed by atoms with Gasteiger partial charge in [0.1, 0.15) is 5.75 Å². The van der Waals surface area contributed by atoms with Gasteiger partial charge in [0.25, 0.3) is 0 Å². The van der Waals surface area contributed by atoms with Crippen LogP contribution in [0.1, 0.15) is 24.8 Å². The van der Waals surface area contributed by atoms with Crippen LogP contribution >= 0.6 is 0 Å². The molecule has 2 N–H and O–H groups in total. The van der Waals surface area contributed by atoms with E-state index >= 15 is 0 Å². The van der Waals surface area contributed by atoms with E-state index in [0.717, 1.165) is 18.7 Å². The Bertz CT molecular complexity index is 357. The van der Waals surface area contributed by atoms with E-state index in [1.54, 1.807) is 12.3 Å². The fourth-order valence-corrected chi connectivity index (χ4v) is 1.95. The average molecular weight is 218 g/mol. The zero-order valence-electron chi connectivity index (χ0n) is 9.39. The van der Waals surface area contributed by atoms with Gasteiger partial charge in [-0.2, -0.15) is 0 Å². The second kappa shape index (κ2) is 5.66. The first kappa shape index (κ1) is 11.1. The van der Waals surface area contributed by atoms with Gasteiger partial charge in [0, 0.05) is 17.8 Å². The Morgan fingerprint density at radius 1 is 1.38 bits per heavy atom. The highest BCUT2D eigenvalue weighted by Gasteiger charge is 2.10. The summed E-state index contributed by atoms with van der Waals surface area (Å²) in [6.07, 6.45) is 5.53. The van der Waals surface area contributed by atoms with Crippen LogP contribution in [0.15, 0.2) is 29.3 Å². The molecule has 0 aliphatic carbocycles. The van der Waals surface area contributed by atoms with Crippen LogP contribution in [0.5, 0.6) is 5.75 Å². The molecule has 0 amide bonds. The maximum absolute atomic E-state index is 9.54. The van der Waals surface area contributed by atoms with Crippen molar-refractivity contribution in [1.82, 2.24) is 5.32 Å². The molecular formula is C13H18N2O. The minimum absolute atomic E-state index is 0.294. The molecule has 1 heterocycles. The molecule has 2 rings (SSSR count). The number of rotatable bonds is 3. The van der Waals surface area contributed by atoms with Crippen molar-refractivity contribution in [3.63, 3.8) is 0 Å². The molecule has 0 spiro atoms. The van der Waals surface area contributed by atoms with Crippen molar-refractivity contribution < 1.29 is 5.11 Å². The minimum atomic E-state index is 0.294. The minimum Gasteiger partial charge on any atom is -0.507 e. The number of benzene rings is 1. The van der Waals surface area contributed by atoms with E-state index in [9.17, 15) is 5.11 Å². The standard InChI is InChI=1S/C13H18N2O/c16-13-7-2-1-5-11(13)9-14-10-12-6-3-4-8-15-12/h1-2,5,7,9,12,15-16H,3-4,6,8,10H2/t12-/m0/s1. The summed E-state index contributed by atoms with van der Waals surface area (Å²) in [7, 11) is 0. The molecular weight excluding hydrogens is 200 g/mol. The predicted molar refractivity (Wildman–Crippen MR) is 66.2 cm³/mol. The molecule has 0 radical (unpaired) electrons. The molecule has 3 nitrogen and oxygen atoms in total. The Morgan fingerprint density at radius 2 is 2.25 bits per heavy atom. The molecule has 0 aromatic heterocycles. The number of nitrogens with zero attached hydrogens (tertiary/aromatic N) is 1. The molecule has 1 aromatic carbocycles. The number of hydrogen-bond acceptors (Lipinski definition) is 3. The molecule has 1 saturated heterocycles. The highest BCUT2D eigenvalue weighted by molar-refractivity contribution is 5.83. The lowest BCUT2D eigenvalue weighted by Crippen LogP contribution is -2.36. The zero-order valence-corrected chi connectivity index (χ0v) is 9.39. The molecule has 0 bridgehead atoms. The highest BCUT2D eigenvalue weighted by atomic mass is 16.3. The van der Waals surface area contributed by atoms with Gasteiger partial charge in [-0.05, 0) is 31.5 Å². The van der Waals surface area contributed by atoms with Gasteiger partial charge in [-0.3, -0.25) is 4.99 Å². The maximum atomic E-state index is 9.54. The lowest BCUT2D eigenvalue weighted by molar-refractivity contribution is 0.408. The van der Waals surface area contributed by atoms with E-state index in [4.69, 9.17) is 0 Å². The Hall–Kier alpha value is -1.35. The van der Waals surface area contributed by atoms with E-state index in [1.807, 2.05) is 18.2 Å². The molecule has 1 aliphatic rings. The summed E-state index contributed by atoms with van der Waals surface area (Å²) in [5.41, 5.74) is 0.790. The molecule has 1 fully saturated rings. The van der Waals surface area contributed by atoms with Crippen LogP contribution in [0.25, 0.3) is 0 Å². The monoisotopic (exact) mass is 218 g/mol. The zero-order chi connectivity index (χ0) is 11.2. The molecule has 16 heavy (non-hydrogen) atoms. The molecule has 1 aliphatic heterocycles. The van der Waals surface area contributed by atoms with Gasteiger partial charge >= 0.3 is 0 Å². The van der Waals surface area contributed by atoms with Crippen LogP contribution in [0.2, 0.25) is 0 Å². The summed E-state index contributed by atoms with van der Waals surface area (Å²) in [5, 5.41) is 13.0. The number of para-hydroxylation sites is 1. The Balaban J connectivity index is 1.87. The lowest BCUT2D eigenvalue weighted by atomic mass is 10.1. The van der Waals surface area contributed by atoms with Crippen molar-refractivity contribution in [2.45, 2.75) is 25.3 Å². The summed E-state index contributed by atoms with van der Waals surface area (Å²) >= 11 is 0. The fourth-order valence-electron chi connectivity index (χ4n) is 1.95. The molecule has 86 valence electrons. The number of piperidine rings is 1. The van der Waals surface area contributed by atoms with Crippen LogP contribution in [0, 0.1) is 0 Å². The Labute approximate surface area is 96.2 Å². The number of hydrogen-bond donors (Lipinski definition) is 2. The maximum Gasteiger partial charge on any atom is 0.124 e. The van der Waals surface area contributed by atoms with Crippen molar-refractivity contribution in [1.29, 1.82) is 0 Å². The number of aromatic hydroxyl groups is 1. The quantitative estimate of drug-likeness (QED) is 0.762. The average Bonchev–Trinajstić information content (AvgIpc) is 2.33. The van der Waals surface area contributed by atoms with Gasteiger partial charge < -0.3 is 10.4 Å². The summed E-state index contributed by atoms with van der Waals surface area (Å²) in [4.78, 5) is 4.38. The first-order valence-electron chi connectivity index (χ1n) is 5.87. The second-order valence-corrected chi connectivity index (χ2v) is 4.20. The third kappa shape index (κ3) is 3.07. The van der Waals surface area contributed by atoms with Gasteiger partial charge in [-0.25, -0.2) is 0 Å². The normalized spacial score (nSPS) is 21.4.